The van der Waals surface area contributed by atoms with Crippen LogP contribution in [0.4, 0.5) is 5.69 Å². The fourth-order valence-corrected chi connectivity index (χ4v) is 4.10. The number of halogens is 2. The lowest BCUT2D eigenvalue weighted by Crippen LogP contribution is -2.09. The molecule has 2 N–H and O–H groups in total. The second-order valence-corrected chi connectivity index (χ2v) is 8.62. The quantitative estimate of drug-likeness (QED) is 0.249. The minimum Gasteiger partial charge on any atom is -0.457 e. The van der Waals surface area contributed by atoms with Crippen molar-refractivity contribution in [3.63, 3.8) is 0 Å². The van der Waals surface area contributed by atoms with Gasteiger partial charge in [-0.2, -0.15) is 0 Å². The molecule has 0 saturated carbocycles. The normalized spacial score (nSPS) is 11.4. The number of para-hydroxylation sites is 2. The summed E-state index contributed by atoms with van der Waals surface area (Å²) in [5, 5.41) is 3.98. The molecule has 0 fully saturated rings. The van der Waals surface area contributed by atoms with Crippen LogP contribution in [0, 0.1) is 6.92 Å². The Hall–Kier alpha value is -3.80. The predicted octanol–water partition coefficient (Wildman–Crippen LogP) is 7.76. The third-order valence-electron chi connectivity index (χ3n) is 5.38. The number of aromatic nitrogens is 2. The van der Waals surface area contributed by atoms with Crippen molar-refractivity contribution in [3.05, 3.63) is 100 Å². The predicted molar refractivity (Wildman–Crippen MR) is 138 cm³/mol. The molecule has 0 bridgehead atoms. The average molecular weight is 488 g/mol. The molecule has 2 aromatic heterocycles. The van der Waals surface area contributed by atoms with Gasteiger partial charge in [0, 0.05) is 27.9 Å². The minimum atomic E-state index is -0.271. The van der Waals surface area contributed by atoms with Gasteiger partial charge in [0.25, 0.3) is 0 Å². The van der Waals surface area contributed by atoms with Crippen molar-refractivity contribution in [2.45, 2.75) is 6.92 Å². The first-order valence-corrected chi connectivity index (χ1v) is 11.3. The highest BCUT2D eigenvalue weighted by molar-refractivity contribution is 6.36. The van der Waals surface area contributed by atoms with E-state index in [1.807, 2.05) is 49.4 Å². The Bertz CT molecular complexity index is 1520. The van der Waals surface area contributed by atoms with Gasteiger partial charge >= 0.3 is 0 Å². The van der Waals surface area contributed by atoms with E-state index in [0.717, 1.165) is 33.5 Å². The molecular weight excluding hydrogens is 469 g/mol. The number of carbonyl (C=O) groups is 1. The summed E-state index contributed by atoms with van der Waals surface area (Å²) in [6.07, 6.45) is 3.04. The number of aromatic amines is 1. The fraction of sp³-hybridized carbons (Fsp3) is 0.0370. The molecule has 2 heterocycles. The Morgan fingerprint density at radius 3 is 2.71 bits per heavy atom. The maximum atomic E-state index is 12.6. The number of H-pyrrole nitrogens is 1. The van der Waals surface area contributed by atoms with E-state index in [-0.39, 0.29) is 5.91 Å². The summed E-state index contributed by atoms with van der Waals surface area (Å²) >= 11 is 12.2. The highest BCUT2D eigenvalue weighted by atomic mass is 35.5. The number of furan rings is 1. The van der Waals surface area contributed by atoms with Crippen molar-refractivity contribution in [1.82, 2.24) is 9.97 Å². The van der Waals surface area contributed by atoms with Gasteiger partial charge in [0.1, 0.15) is 17.3 Å². The number of hydrogen-bond donors (Lipinski definition) is 2. The molecule has 0 aliphatic rings. The molecule has 168 valence electrons. The topological polar surface area (TPSA) is 70.9 Å². The summed E-state index contributed by atoms with van der Waals surface area (Å²) in [7, 11) is 0. The monoisotopic (exact) mass is 487 g/mol. The standard InChI is InChI=1S/C27H19Cl2N3O2/c1-16-6-7-17(27-31-22-4-2-3-5-23(22)32-27)14-24(16)30-26(33)13-10-19-9-12-25(34-19)20-11-8-18(28)15-21(20)29/h2-15H,1H3,(H,30,33)(H,31,32)/b13-10+. The van der Waals surface area contributed by atoms with E-state index < -0.39 is 0 Å². The van der Waals surface area contributed by atoms with Crippen LogP contribution in [0.5, 0.6) is 0 Å². The average Bonchev–Trinajstić information content (AvgIpc) is 3.46. The van der Waals surface area contributed by atoms with Crippen molar-refractivity contribution in [2.75, 3.05) is 5.32 Å². The van der Waals surface area contributed by atoms with Gasteiger partial charge < -0.3 is 14.7 Å². The van der Waals surface area contributed by atoms with E-state index in [1.54, 1.807) is 36.4 Å². The number of nitrogens with one attached hydrogen (secondary N) is 2. The first-order valence-electron chi connectivity index (χ1n) is 10.6. The minimum absolute atomic E-state index is 0.271. The Labute approximate surface area is 206 Å². The lowest BCUT2D eigenvalue weighted by molar-refractivity contribution is -0.111. The van der Waals surface area contributed by atoms with Crippen LogP contribution in [0.1, 0.15) is 11.3 Å². The van der Waals surface area contributed by atoms with Crippen LogP contribution < -0.4 is 5.32 Å². The molecule has 34 heavy (non-hydrogen) atoms. The summed E-state index contributed by atoms with van der Waals surface area (Å²) < 4.78 is 5.81. The van der Waals surface area contributed by atoms with E-state index >= 15 is 0 Å². The first kappa shape index (κ1) is 22.0. The molecule has 0 saturated heterocycles. The number of rotatable bonds is 5. The Morgan fingerprint density at radius 2 is 1.88 bits per heavy atom. The molecule has 0 unspecified atom stereocenters. The number of nitrogens with zero attached hydrogens (tertiary/aromatic N) is 1. The number of carbonyl (C=O) groups excluding carboxylic acids is 1. The zero-order valence-electron chi connectivity index (χ0n) is 18.1. The van der Waals surface area contributed by atoms with Crippen LogP contribution in [0.25, 0.3) is 39.8 Å². The van der Waals surface area contributed by atoms with E-state index in [0.29, 0.717) is 27.3 Å². The van der Waals surface area contributed by atoms with Crippen molar-refractivity contribution >= 4 is 51.9 Å². The molecule has 1 amide bonds. The van der Waals surface area contributed by atoms with Crippen LogP contribution in [0.15, 0.2) is 83.3 Å². The molecule has 0 aliphatic carbocycles. The number of aryl methyl sites for hydroxylation is 1. The summed E-state index contributed by atoms with van der Waals surface area (Å²) in [4.78, 5) is 20.5. The van der Waals surface area contributed by atoms with Crippen molar-refractivity contribution in [2.24, 2.45) is 0 Å². The van der Waals surface area contributed by atoms with Gasteiger partial charge in [0.15, 0.2) is 0 Å². The number of anilines is 1. The molecule has 0 radical (unpaired) electrons. The van der Waals surface area contributed by atoms with Crippen LogP contribution in [0.3, 0.4) is 0 Å². The van der Waals surface area contributed by atoms with Gasteiger partial charge in [-0.3, -0.25) is 4.79 Å². The summed E-state index contributed by atoms with van der Waals surface area (Å²) in [6.45, 7) is 1.94. The SMILES string of the molecule is Cc1ccc(-c2nc3ccccc3[nH]2)cc1NC(=O)/C=C/c1ccc(-c2ccc(Cl)cc2Cl)o1. The van der Waals surface area contributed by atoms with Crippen LogP contribution in [-0.2, 0) is 4.79 Å². The fourth-order valence-electron chi connectivity index (χ4n) is 3.60. The van der Waals surface area contributed by atoms with Gasteiger partial charge in [-0.25, -0.2) is 4.98 Å². The highest BCUT2D eigenvalue weighted by Gasteiger charge is 2.10. The molecule has 5 aromatic rings. The molecule has 5 rings (SSSR count). The van der Waals surface area contributed by atoms with Gasteiger partial charge in [0.2, 0.25) is 5.91 Å². The molecule has 0 atom stereocenters. The second kappa shape index (κ2) is 9.21. The Morgan fingerprint density at radius 1 is 1.03 bits per heavy atom. The van der Waals surface area contributed by atoms with Gasteiger partial charge in [0.05, 0.1) is 16.1 Å². The van der Waals surface area contributed by atoms with E-state index in [2.05, 4.69) is 15.3 Å². The first-order chi connectivity index (χ1) is 16.5. The Kier molecular flexibility index (Phi) is 5.97. The number of imidazole rings is 1. The zero-order chi connectivity index (χ0) is 23.7. The number of amides is 1. The summed E-state index contributed by atoms with van der Waals surface area (Å²) in [5.41, 5.74) is 5.12. The molecule has 0 spiro atoms. The molecule has 0 aliphatic heterocycles. The second-order valence-electron chi connectivity index (χ2n) is 7.78. The summed E-state index contributed by atoms with van der Waals surface area (Å²) in [5.74, 6) is 1.60. The number of benzene rings is 3. The van der Waals surface area contributed by atoms with Crippen molar-refractivity contribution < 1.29 is 9.21 Å². The van der Waals surface area contributed by atoms with Crippen LogP contribution in [-0.4, -0.2) is 15.9 Å². The lowest BCUT2D eigenvalue weighted by atomic mass is 10.1. The number of fused-ring (bicyclic) bond motifs is 1. The largest absolute Gasteiger partial charge is 0.457 e. The lowest BCUT2D eigenvalue weighted by Gasteiger charge is -2.08. The molecular formula is C27H19Cl2N3O2. The molecule has 5 nitrogen and oxygen atoms in total. The molecule has 7 heteroatoms. The maximum absolute atomic E-state index is 12.6. The van der Waals surface area contributed by atoms with E-state index in [1.165, 1.54) is 6.08 Å². The zero-order valence-corrected chi connectivity index (χ0v) is 19.6. The third-order valence-corrected chi connectivity index (χ3v) is 5.93. The molecule has 3 aromatic carbocycles. The van der Waals surface area contributed by atoms with Gasteiger partial charge in [-0.05, 0) is 67.1 Å². The van der Waals surface area contributed by atoms with Crippen LogP contribution in [0.2, 0.25) is 10.0 Å². The summed E-state index contributed by atoms with van der Waals surface area (Å²) in [6, 6.07) is 22.5. The van der Waals surface area contributed by atoms with E-state index in [4.69, 9.17) is 27.6 Å². The van der Waals surface area contributed by atoms with E-state index in [9.17, 15) is 4.79 Å². The third kappa shape index (κ3) is 4.62. The van der Waals surface area contributed by atoms with Crippen molar-refractivity contribution in [1.29, 1.82) is 0 Å². The van der Waals surface area contributed by atoms with Gasteiger partial charge in [-0.1, -0.05) is 47.5 Å². The van der Waals surface area contributed by atoms with Gasteiger partial charge in [-0.15, -0.1) is 0 Å². The Balaban J connectivity index is 1.32. The number of hydrogen-bond acceptors (Lipinski definition) is 3. The van der Waals surface area contributed by atoms with Crippen molar-refractivity contribution in [3.8, 4) is 22.7 Å². The van der Waals surface area contributed by atoms with Crippen LogP contribution >= 0.6 is 23.2 Å². The highest BCUT2D eigenvalue weighted by Crippen LogP contribution is 2.32. The smallest absolute Gasteiger partial charge is 0.248 e. The maximum Gasteiger partial charge on any atom is 0.248 e.